The number of carboxylic acids is 1. The van der Waals surface area contributed by atoms with Crippen LogP contribution in [0.5, 0.6) is 5.88 Å². The van der Waals surface area contributed by atoms with Crippen molar-refractivity contribution in [3.63, 3.8) is 0 Å². The molecule has 7 heteroatoms. The lowest BCUT2D eigenvalue weighted by Gasteiger charge is -2.04. The number of aromatic carboxylic acids is 1. The molecule has 3 saturated carbocycles. The summed E-state index contributed by atoms with van der Waals surface area (Å²) in [7, 11) is 0. The summed E-state index contributed by atoms with van der Waals surface area (Å²) in [4.78, 5) is 15.1. The van der Waals surface area contributed by atoms with Gasteiger partial charge in [-0.05, 0) is 61.0 Å². The molecular formula is C18H18ClN3O3. The Labute approximate surface area is 151 Å². The van der Waals surface area contributed by atoms with Crippen molar-refractivity contribution in [1.29, 1.82) is 0 Å². The van der Waals surface area contributed by atoms with Crippen LogP contribution in [0, 0.1) is 16.7 Å². The highest BCUT2D eigenvalue weighted by Gasteiger charge is 2.85. The van der Waals surface area contributed by atoms with Crippen molar-refractivity contribution in [2.75, 3.05) is 6.61 Å². The highest BCUT2D eigenvalue weighted by Crippen LogP contribution is 2.93. The number of halogens is 1. The summed E-state index contributed by atoms with van der Waals surface area (Å²) in [6.07, 6.45) is 7.28. The Bertz CT molecular complexity index is 902. The maximum atomic E-state index is 11.0. The Kier molecular flexibility index (Phi) is 2.81. The number of ether oxygens (including phenoxy) is 1. The maximum absolute atomic E-state index is 11.0. The van der Waals surface area contributed by atoms with Crippen LogP contribution in [0.1, 0.15) is 43.8 Å². The molecule has 0 unspecified atom stereocenters. The summed E-state index contributed by atoms with van der Waals surface area (Å²) in [6, 6.07) is 4.67. The molecule has 0 radical (unpaired) electrons. The van der Waals surface area contributed by atoms with E-state index in [1.54, 1.807) is 18.3 Å². The fraction of sp³-hybridized carbons (Fsp3) is 0.500. The Morgan fingerprint density at radius 2 is 2.08 bits per heavy atom. The van der Waals surface area contributed by atoms with Crippen LogP contribution >= 0.6 is 11.6 Å². The fourth-order valence-corrected chi connectivity index (χ4v) is 4.72. The van der Waals surface area contributed by atoms with Gasteiger partial charge in [-0.1, -0.05) is 11.6 Å². The molecule has 1 N–H and O–H groups in total. The molecule has 3 aliphatic carbocycles. The minimum atomic E-state index is -1.12. The van der Waals surface area contributed by atoms with E-state index in [9.17, 15) is 4.79 Å². The third-order valence-corrected chi connectivity index (χ3v) is 6.26. The topological polar surface area (TPSA) is 77.2 Å². The van der Waals surface area contributed by atoms with E-state index in [0.29, 0.717) is 29.1 Å². The monoisotopic (exact) mass is 360 g/mol. The number of carboxylic acid groups (broad SMARTS) is 1. The van der Waals surface area contributed by atoms with Gasteiger partial charge in [0.15, 0.2) is 5.82 Å². The lowest BCUT2D eigenvalue weighted by Crippen LogP contribution is -2.05. The highest BCUT2D eigenvalue weighted by molar-refractivity contribution is 6.32. The van der Waals surface area contributed by atoms with Crippen LogP contribution in [-0.2, 0) is 0 Å². The van der Waals surface area contributed by atoms with Gasteiger partial charge in [-0.3, -0.25) is 0 Å². The summed E-state index contributed by atoms with van der Waals surface area (Å²) in [5.74, 6) is -0.526. The second-order valence-corrected chi connectivity index (χ2v) is 7.51. The minimum Gasteiger partial charge on any atom is -0.478 e. The number of aromatic nitrogens is 3. The van der Waals surface area contributed by atoms with Gasteiger partial charge in [0.2, 0.25) is 5.88 Å². The average Bonchev–Trinajstić information content (AvgIpc) is 3.53. The average molecular weight is 361 g/mol. The minimum absolute atomic E-state index is 0.0489. The molecule has 2 spiro atoms. The molecule has 2 aromatic heterocycles. The summed E-state index contributed by atoms with van der Waals surface area (Å²) < 4.78 is 16.0. The van der Waals surface area contributed by atoms with Gasteiger partial charge in [0.1, 0.15) is 5.15 Å². The zero-order valence-corrected chi connectivity index (χ0v) is 14.3. The van der Waals surface area contributed by atoms with Gasteiger partial charge in [0.05, 0.1) is 12.2 Å². The van der Waals surface area contributed by atoms with Crippen LogP contribution < -0.4 is 4.74 Å². The summed E-state index contributed by atoms with van der Waals surface area (Å²) in [6.45, 7) is 0.482. The molecule has 3 aliphatic rings. The lowest BCUT2D eigenvalue weighted by atomic mass is 10.2. The van der Waals surface area contributed by atoms with Crippen molar-refractivity contribution in [1.82, 2.24) is 14.8 Å². The standard InChI is InChI=1S/C18H18ClN3O3/c19-15-11(16(23)24)1-2-13(20-15)22-9-3-14(21-22)25-10-4-12-17(5-6-17)18(12)7-8-18/h1-3,9,12H,4-8,10H2,(H,23,24)/i12D. The van der Waals surface area contributed by atoms with E-state index in [0.717, 1.165) is 6.42 Å². The van der Waals surface area contributed by atoms with E-state index >= 15 is 0 Å². The molecule has 0 bridgehead atoms. The molecule has 2 aromatic rings. The fourth-order valence-electron chi connectivity index (χ4n) is 4.49. The van der Waals surface area contributed by atoms with Crippen molar-refractivity contribution < 1.29 is 16.0 Å². The first-order chi connectivity index (χ1) is 12.4. The van der Waals surface area contributed by atoms with Crippen LogP contribution in [0.25, 0.3) is 5.82 Å². The van der Waals surface area contributed by atoms with E-state index in [1.807, 2.05) is 0 Å². The van der Waals surface area contributed by atoms with E-state index in [1.165, 1.54) is 36.4 Å². The second-order valence-electron chi connectivity index (χ2n) is 7.15. The van der Waals surface area contributed by atoms with Crippen molar-refractivity contribution >= 4 is 17.6 Å². The Morgan fingerprint density at radius 1 is 1.36 bits per heavy atom. The first-order valence-electron chi connectivity index (χ1n) is 9.01. The molecule has 0 aromatic carbocycles. The highest BCUT2D eigenvalue weighted by atomic mass is 35.5. The Hall–Kier alpha value is -2.08. The molecule has 130 valence electrons. The predicted molar refractivity (Wildman–Crippen MR) is 90.3 cm³/mol. The zero-order chi connectivity index (χ0) is 18.2. The van der Waals surface area contributed by atoms with Crippen LogP contribution in [0.4, 0.5) is 0 Å². The number of fused-ring (bicyclic) bond motifs is 1. The number of hydrogen-bond acceptors (Lipinski definition) is 4. The largest absolute Gasteiger partial charge is 0.478 e. The molecular weight excluding hydrogens is 342 g/mol. The van der Waals surface area contributed by atoms with Gasteiger partial charge < -0.3 is 9.84 Å². The third-order valence-electron chi connectivity index (χ3n) is 5.97. The summed E-state index contributed by atoms with van der Waals surface area (Å²) >= 11 is 5.90. The first kappa shape index (κ1) is 14.1. The van der Waals surface area contributed by atoms with Gasteiger partial charge in [-0.2, -0.15) is 0 Å². The molecule has 0 amide bonds. The smallest absolute Gasteiger partial charge is 0.338 e. The van der Waals surface area contributed by atoms with Crippen molar-refractivity contribution in [2.45, 2.75) is 32.1 Å². The molecule has 6 nitrogen and oxygen atoms in total. The molecule has 0 aliphatic heterocycles. The predicted octanol–water partition coefficient (Wildman–Crippen LogP) is 3.58. The van der Waals surface area contributed by atoms with E-state index in [-0.39, 0.29) is 16.6 Å². The van der Waals surface area contributed by atoms with E-state index in [2.05, 4.69) is 10.1 Å². The van der Waals surface area contributed by atoms with Gasteiger partial charge in [0, 0.05) is 13.6 Å². The molecule has 0 saturated heterocycles. The SMILES string of the molecule is [2H]C1(CCOc2ccn(-c3ccc(C(=O)O)c(Cl)n3)n2)C2(CC2)C12CC2. The molecule has 3 fully saturated rings. The van der Waals surface area contributed by atoms with E-state index in [4.69, 9.17) is 22.8 Å². The van der Waals surface area contributed by atoms with Crippen molar-refractivity contribution in [3.05, 3.63) is 35.1 Å². The Morgan fingerprint density at radius 3 is 2.68 bits per heavy atom. The second kappa shape index (κ2) is 4.97. The van der Waals surface area contributed by atoms with Crippen LogP contribution in [0.15, 0.2) is 24.4 Å². The van der Waals surface area contributed by atoms with Crippen molar-refractivity contribution in [3.8, 4) is 11.7 Å². The maximum Gasteiger partial charge on any atom is 0.338 e. The number of nitrogens with zero attached hydrogens (tertiary/aromatic N) is 3. The molecule has 0 atom stereocenters. The van der Waals surface area contributed by atoms with E-state index < -0.39 is 5.97 Å². The summed E-state index contributed by atoms with van der Waals surface area (Å²) in [5.41, 5.74) is 0.581. The summed E-state index contributed by atoms with van der Waals surface area (Å²) in [5, 5.41) is 13.2. The third kappa shape index (κ3) is 2.20. The normalized spacial score (nSPS) is 23.3. The zero-order valence-electron chi connectivity index (χ0n) is 14.5. The molecule has 2 heterocycles. The van der Waals surface area contributed by atoms with Gasteiger partial charge in [-0.25, -0.2) is 14.5 Å². The number of pyridine rings is 1. The van der Waals surface area contributed by atoms with Gasteiger partial charge in [-0.15, -0.1) is 5.10 Å². The molecule has 25 heavy (non-hydrogen) atoms. The van der Waals surface area contributed by atoms with Crippen molar-refractivity contribution in [2.24, 2.45) is 16.7 Å². The Balaban J connectivity index is 1.24. The van der Waals surface area contributed by atoms with Gasteiger partial charge in [0.25, 0.3) is 0 Å². The molecule has 5 rings (SSSR count). The van der Waals surface area contributed by atoms with Crippen LogP contribution in [0.3, 0.4) is 0 Å². The first-order valence-corrected chi connectivity index (χ1v) is 8.89. The van der Waals surface area contributed by atoms with Crippen LogP contribution in [-0.4, -0.2) is 32.4 Å². The number of rotatable bonds is 6. The van der Waals surface area contributed by atoms with Crippen LogP contribution in [0.2, 0.25) is 5.15 Å². The quantitative estimate of drug-likeness (QED) is 0.797. The lowest BCUT2D eigenvalue weighted by molar-refractivity contribution is 0.0696. The number of carbonyl (C=O) groups is 1. The number of hydrogen-bond donors (Lipinski definition) is 1. The van der Waals surface area contributed by atoms with Gasteiger partial charge >= 0.3 is 5.97 Å².